The summed E-state index contributed by atoms with van der Waals surface area (Å²) in [6, 6.07) is 5.82. The maximum absolute atomic E-state index is 12.1. The molecular weight excluding hydrogens is 328 g/mol. The second-order valence-electron chi connectivity index (χ2n) is 5.97. The van der Waals surface area contributed by atoms with Crippen LogP contribution in [-0.2, 0) is 9.59 Å². The molecule has 0 aliphatic carbocycles. The van der Waals surface area contributed by atoms with Crippen molar-refractivity contribution in [1.29, 1.82) is 0 Å². The van der Waals surface area contributed by atoms with Crippen molar-refractivity contribution in [2.24, 2.45) is 5.92 Å². The Morgan fingerprint density at radius 2 is 1.88 bits per heavy atom. The molecule has 1 aromatic rings. The molecule has 1 rings (SSSR count). The van der Waals surface area contributed by atoms with Crippen molar-refractivity contribution in [3.8, 4) is 0 Å². The average molecular weight is 355 g/mol. The molecule has 0 saturated heterocycles. The number of carboxylic acid groups (broad SMARTS) is 1. The van der Waals surface area contributed by atoms with E-state index in [0.29, 0.717) is 23.2 Å². The Kier molecular flexibility index (Phi) is 9.42. The molecule has 5 nitrogen and oxygen atoms in total. The molecule has 0 heterocycles. The number of halogens is 1. The van der Waals surface area contributed by atoms with E-state index in [-0.39, 0.29) is 12.3 Å². The minimum absolute atomic E-state index is 0.109. The summed E-state index contributed by atoms with van der Waals surface area (Å²) in [4.78, 5) is 23.4. The molecular formula is C18H27ClN2O3. The zero-order valence-corrected chi connectivity index (χ0v) is 15.1. The number of carboxylic acids is 1. The first-order valence-electron chi connectivity index (χ1n) is 8.47. The van der Waals surface area contributed by atoms with E-state index in [1.165, 1.54) is 0 Å². The number of benzene rings is 1. The molecule has 2 unspecified atom stereocenters. The summed E-state index contributed by atoms with van der Waals surface area (Å²) < 4.78 is 0. The normalized spacial score (nSPS) is 13.3. The highest BCUT2D eigenvalue weighted by atomic mass is 35.5. The van der Waals surface area contributed by atoms with Crippen LogP contribution in [-0.4, -0.2) is 29.6 Å². The van der Waals surface area contributed by atoms with Crippen LogP contribution >= 0.6 is 11.6 Å². The molecule has 0 aliphatic rings. The predicted molar refractivity (Wildman–Crippen MR) is 97.4 cm³/mol. The van der Waals surface area contributed by atoms with Gasteiger partial charge in [0, 0.05) is 10.7 Å². The van der Waals surface area contributed by atoms with Gasteiger partial charge in [0.05, 0.1) is 6.42 Å². The smallest absolute Gasteiger partial charge is 0.321 e. The lowest BCUT2D eigenvalue weighted by molar-refractivity contribution is -0.141. The van der Waals surface area contributed by atoms with Gasteiger partial charge in [-0.1, -0.05) is 44.7 Å². The fraction of sp³-hybridized carbons (Fsp3) is 0.556. The fourth-order valence-corrected chi connectivity index (χ4v) is 2.56. The Labute approximate surface area is 148 Å². The minimum Gasteiger partial charge on any atom is -0.480 e. The fourth-order valence-electron chi connectivity index (χ4n) is 2.43. The van der Waals surface area contributed by atoms with Crippen molar-refractivity contribution in [1.82, 2.24) is 5.32 Å². The van der Waals surface area contributed by atoms with E-state index >= 15 is 0 Å². The van der Waals surface area contributed by atoms with Crippen molar-refractivity contribution in [3.63, 3.8) is 0 Å². The van der Waals surface area contributed by atoms with E-state index in [4.69, 9.17) is 11.6 Å². The van der Waals surface area contributed by atoms with Crippen LogP contribution in [0.5, 0.6) is 0 Å². The first kappa shape index (κ1) is 20.5. The zero-order chi connectivity index (χ0) is 17.9. The molecule has 0 saturated carbocycles. The Morgan fingerprint density at radius 1 is 1.21 bits per heavy atom. The highest BCUT2D eigenvalue weighted by Crippen LogP contribution is 2.14. The molecule has 0 fully saturated rings. The first-order chi connectivity index (χ1) is 11.5. The third-order valence-electron chi connectivity index (χ3n) is 4.01. The molecule has 0 radical (unpaired) electrons. The zero-order valence-electron chi connectivity index (χ0n) is 14.3. The lowest BCUT2D eigenvalue weighted by atomic mass is 9.99. The van der Waals surface area contributed by atoms with Gasteiger partial charge >= 0.3 is 5.97 Å². The van der Waals surface area contributed by atoms with Crippen molar-refractivity contribution < 1.29 is 14.7 Å². The van der Waals surface area contributed by atoms with Crippen molar-refractivity contribution in [2.75, 3.05) is 11.9 Å². The van der Waals surface area contributed by atoms with Crippen LogP contribution < -0.4 is 10.6 Å². The molecule has 134 valence electrons. The van der Waals surface area contributed by atoms with Gasteiger partial charge in [-0.2, -0.15) is 0 Å². The Hall–Kier alpha value is -1.59. The third-order valence-corrected chi connectivity index (χ3v) is 4.26. The number of nitrogens with one attached hydrogen (secondary N) is 2. The van der Waals surface area contributed by atoms with Crippen molar-refractivity contribution in [2.45, 2.75) is 52.0 Å². The van der Waals surface area contributed by atoms with Gasteiger partial charge in [0.15, 0.2) is 0 Å². The second kappa shape index (κ2) is 11.0. The number of aliphatic carboxylic acids is 1. The summed E-state index contributed by atoms with van der Waals surface area (Å²) in [6.07, 6.45) is 4.22. The van der Waals surface area contributed by atoms with Crippen molar-refractivity contribution in [3.05, 3.63) is 29.3 Å². The van der Waals surface area contributed by atoms with Crippen LogP contribution in [0.1, 0.15) is 46.0 Å². The quantitative estimate of drug-likeness (QED) is 0.562. The molecule has 0 aromatic heterocycles. The first-order valence-corrected chi connectivity index (χ1v) is 8.85. The summed E-state index contributed by atoms with van der Waals surface area (Å²) in [7, 11) is 0. The van der Waals surface area contributed by atoms with Gasteiger partial charge < -0.3 is 15.7 Å². The van der Waals surface area contributed by atoms with Crippen LogP contribution in [0.25, 0.3) is 0 Å². The van der Waals surface area contributed by atoms with E-state index < -0.39 is 12.0 Å². The van der Waals surface area contributed by atoms with Crippen molar-refractivity contribution >= 4 is 29.2 Å². The lowest BCUT2D eigenvalue weighted by Crippen LogP contribution is -2.41. The highest BCUT2D eigenvalue weighted by Gasteiger charge is 2.22. The predicted octanol–water partition coefficient (Wildman–Crippen LogP) is 3.93. The van der Waals surface area contributed by atoms with E-state index in [1.54, 1.807) is 24.3 Å². The number of rotatable bonds is 11. The maximum Gasteiger partial charge on any atom is 0.321 e. The van der Waals surface area contributed by atoms with Gasteiger partial charge in [-0.05, 0) is 43.1 Å². The Morgan fingerprint density at radius 3 is 2.42 bits per heavy atom. The van der Waals surface area contributed by atoms with Crippen LogP contribution in [0.3, 0.4) is 0 Å². The molecule has 2 atom stereocenters. The Bertz CT molecular complexity index is 520. The number of hydrogen-bond acceptors (Lipinski definition) is 3. The summed E-state index contributed by atoms with van der Waals surface area (Å²) in [6.45, 7) is 4.86. The molecule has 24 heavy (non-hydrogen) atoms. The average Bonchev–Trinajstić information content (AvgIpc) is 2.55. The maximum atomic E-state index is 12.1. The molecule has 6 heteroatoms. The second-order valence-corrected chi connectivity index (χ2v) is 6.41. The summed E-state index contributed by atoms with van der Waals surface area (Å²) in [5.74, 6) is -0.906. The van der Waals surface area contributed by atoms with E-state index in [1.807, 2.05) is 0 Å². The third kappa shape index (κ3) is 7.79. The number of carbonyl (C=O) groups excluding carboxylic acids is 1. The van der Waals surface area contributed by atoms with Crippen LogP contribution in [0, 0.1) is 5.92 Å². The highest BCUT2D eigenvalue weighted by molar-refractivity contribution is 6.30. The molecule has 1 amide bonds. The van der Waals surface area contributed by atoms with Gasteiger partial charge in [-0.25, -0.2) is 0 Å². The monoisotopic (exact) mass is 354 g/mol. The number of amides is 1. The summed E-state index contributed by atoms with van der Waals surface area (Å²) in [5, 5.41) is 15.6. The van der Waals surface area contributed by atoms with Crippen LogP contribution in [0.2, 0.25) is 5.02 Å². The molecule has 0 aliphatic heterocycles. The number of unbranched alkanes of at least 4 members (excludes halogenated alkanes) is 1. The van der Waals surface area contributed by atoms with Gasteiger partial charge in [0.1, 0.15) is 6.04 Å². The lowest BCUT2D eigenvalue weighted by Gasteiger charge is -2.19. The molecule has 0 bridgehead atoms. The van der Waals surface area contributed by atoms with Gasteiger partial charge in [0.2, 0.25) is 5.91 Å². The van der Waals surface area contributed by atoms with E-state index in [9.17, 15) is 14.7 Å². The van der Waals surface area contributed by atoms with Crippen LogP contribution in [0.4, 0.5) is 5.69 Å². The van der Waals surface area contributed by atoms with Gasteiger partial charge in [-0.3, -0.25) is 9.59 Å². The van der Waals surface area contributed by atoms with E-state index in [2.05, 4.69) is 24.5 Å². The topological polar surface area (TPSA) is 78.4 Å². The molecule has 0 spiro atoms. The van der Waals surface area contributed by atoms with Gasteiger partial charge in [-0.15, -0.1) is 0 Å². The standard InChI is InChI=1S/C18H27ClN2O3/c1-3-5-6-13(4-2)12-20-16(18(23)24)11-17(22)21-15-9-7-14(19)8-10-15/h7-10,13,16,20H,3-6,11-12H2,1-2H3,(H,21,22)(H,23,24). The van der Waals surface area contributed by atoms with E-state index in [0.717, 1.165) is 25.7 Å². The minimum atomic E-state index is -1.01. The number of anilines is 1. The summed E-state index contributed by atoms with van der Waals surface area (Å²) >= 11 is 5.79. The Balaban J connectivity index is 2.50. The number of carbonyl (C=O) groups is 2. The summed E-state index contributed by atoms with van der Waals surface area (Å²) in [5.41, 5.74) is 0.600. The SMILES string of the molecule is CCCCC(CC)CNC(CC(=O)Nc1ccc(Cl)cc1)C(=O)O. The largest absolute Gasteiger partial charge is 0.480 e. The number of hydrogen-bond donors (Lipinski definition) is 3. The van der Waals surface area contributed by atoms with Crippen LogP contribution in [0.15, 0.2) is 24.3 Å². The molecule has 3 N–H and O–H groups in total. The molecule has 1 aromatic carbocycles. The van der Waals surface area contributed by atoms with Gasteiger partial charge in [0.25, 0.3) is 0 Å².